The van der Waals surface area contributed by atoms with E-state index >= 15 is 0 Å². The summed E-state index contributed by atoms with van der Waals surface area (Å²) >= 11 is 0. The molecule has 0 fully saturated rings. The molecule has 0 radical (unpaired) electrons. The van der Waals surface area contributed by atoms with Crippen LogP contribution in [-0.2, 0) is 16.1 Å². The lowest BCUT2D eigenvalue weighted by Crippen LogP contribution is -2.20. The van der Waals surface area contributed by atoms with E-state index in [-0.39, 0.29) is 6.61 Å². The second-order valence-electron chi connectivity index (χ2n) is 4.71. The Hall–Kier alpha value is -2.86. The Morgan fingerprint density at radius 2 is 1.87 bits per heavy atom. The fraction of sp³-hybridized carbons (Fsp3) is 0.176. The van der Waals surface area contributed by atoms with Gasteiger partial charge in [-0.15, -0.1) is 0 Å². The zero-order valence-corrected chi connectivity index (χ0v) is 12.6. The lowest BCUT2D eigenvalue weighted by molar-refractivity contribution is -0.119. The van der Waals surface area contributed by atoms with Crippen molar-refractivity contribution in [1.29, 1.82) is 0 Å². The highest BCUT2D eigenvalue weighted by Crippen LogP contribution is 2.16. The minimum Gasteiger partial charge on any atom is -0.497 e. The summed E-state index contributed by atoms with van der Waals surface area (Å²) in [4.78, 5) is 23.6. The smallest absolute Gasteiger partial charge is 0.338 e. The van der Waals surface area contributed by atoms with E-state index in [1.165, 1.54) is 19.2 Å². The molecule has 0 aliphatic rings. The molecule has 0 unspecified atom stereocenters. The molecule has 0 saturated carbocycles. The van der Waals surface area contributed by atoms with Gasteiger partial charge in [-0.3, -0.25) is 4.79 Å². The Kier molecular flexibility index (Phi) is 5.71. The molecule has 2 aromatic carbocycles. The molecule has 0 aliphatic heterocycles. The third-order valence-corrected chi connectivity index (χ3v) is 3.06. The number of aliphatic hydroxyl groups is 1. The van der Waals surface area contributed by atoms with E-state index in [2.05, 4.69) is 5.32 Å². The van der Waals surface area contributed by atoms with Gasteiger partial charge in [0.2, 0.25) is 0 Å². The number of rotatable bonds is 6. The largest absolute Gasteiger partial charge is 0.497 e. The summed E-state index contributed by atoms with van der Waals surface area (Å²) in [5.41, 5.74) is 1.56. The monoisotopic (exact) mass is 315 g/mol. The van der Waals surface area contributed by atoms with Crippen molar-refractivity contribution in [2.75, 3.05) is 19.0 Å². The summed E-state index contributed by atoms with van der Waals surface area (Å²) in [6, 6.07) is 13.2. The second kappa shape index (κ2) is 7.95. The maximum atomic E-state index is 11.8. The summed E-state index contributed by atoms with van der Waals surface area (Å²) in [5.74, 6) is -0.433. The fourth-order valence-corrected chi connectivity index (χ4v) is 1.86. The van der Waals surface area contributed by atoms with Crippen molar-refractivity contribution >= 4 is 17.6 Å². The summed E-state index contributed by atoms with van der Waals surface area (Å²) < 4.78 is 10.0. The van der Waals surface area contributed by atoms with Crippen molar-refractivity contribution in [3.63, 3.8) is 0 Å². The van der Waals surface area contributed by atoms with Crippen LogP contribution in [0.4, 0.5) is 5.69 Å². The molecule has 0 aliphatic carbocycles. The molecule has 6 heteroatoms. The number of carbonyl (C=O) groups is 2. The molecule has 1 amide bonds. The first-order valence-corrected chi connectivity index (χ1v) is 6.93. The van der Waals surface area contributed by atoms with Gasteiger partial charge in [0.25, 0.3) is 5.91 Å². The van der Waals surface area contributed by atoms with Gasteiger partial charge < -0.3 is 19.9 Å². The molecule has 0 aromatic heterocycles. The van der Waals surface area contributed by atoms with Crippen molar-refractivity contribution in [2.45, 2.75) is 6.61 Å². The first-order valence-electron chi connectivity index (χ1n) is 6.93. The normalized spacial score (nSPS) is 10.0. The Labute approximate surface area is 133 Å². The highest BCUT2D eigenvalue weighted by molar-refractivity contribution is 5.95. The molecule has 2 rings (SSSR count). The Bertz CT molecular complexity index is 682. The van der Waals surface area contributed by atoms with Crippen LogP contribution in [0.2, 0.25) is 0 Å². The van der Waals surface area contributed by atoms with Crippen molar-refractivity contribution in [3.8, 4) is 5.75 Å². The Balaban J connectivity index is 1.86. The lowest BCUT2D eigenvalue weighted by atomic mass is 10.1. The van der Waals surface area contributed by atoms with E-state index in [1.807, 2.05) is 0 Å². The zero-order valence-electron chi connectivity index (χ0n) is 12.6. The summed E-state index contributed by atoms with van der Waals surface area (Å²) in [6.07, 6.45) is 0. The number of anilines is 1. The van der Waals surface area contributed by atoms with Gasteiger partial charge in [0.15, 0.2) is 6.61 Å². The van der Waals surface area contributed by atoms with Gasteiger partial charge in [-0.05, 0) is 29.8 Å². The SMILES string of the molecule is COc1cccc(NC(=O)COC(=O)c2ccc(CO)cc2)c1. The Morgan fingerprint density at radius 3 is 2.52 bits per heavy atom. The van der Waals surface area contributed by atoms with Crippen LogP contribution < -0.4 is 10.1 Å². The molecule has 2 N–H and O–H groups in total. The molecule has 120 valence electrons. The van der Waals surface area contributed by atoms with Crippen LogP contribution >= 0.6 is 0 Å². The maximum absolute atomic E-state index is 11.8. The predicted molar refractivity (Wildman–Crippen MR) is 84.3 cm³/mol. The molecular formula is C17H17NO5. The number of carbonyl (C=O) groups excluding carboxylic acids is 2. The highest BCUT2D eigenvalue weighted by atomic mass is 16.5. The van der Waals surface area contributed by atoms with E-state index in [0.29, 0.717) is 22.6 Å². The first kappa shape index (κ1) is 16.5. The van der Waals surface area contributed by atoms with Crippen LogP contribution in [0, 0.1) is 0 Å². The molecular weight excluding hydrogens is 298 g/mol. The summed E-state index contributed by atoms with van der Waals surface area (Å²) in [5, 5.41) is 11.6. The number of ether oxygens (including phenoxy) is 2. The molecule has 0 bridgehead atoms. The van der Waals surface area contributed by atoms with E-state index in [1.54, 1.807) is 36.4 Å². The van der Waals surface area contributed by atoms with Crippen molar-refractivity contribution < 1.29 is 24.2 Å². The van der Waals surface area contributed by atoms with Crippen LogP contribution in [0.3, 0.4) is 0 Å². The van der Waals surface area contributed by atoms with Crippen LogP contribution in [0.1, 0.15) is 15.9 Å². The molecule has 2 aromatic rings. The van der Waals surface area contributed by atoms with Crippen molar-refractivity contribution in [3.05, 3.63) is 59.7 Å². The highest BCUT2D eigenvalue weighted by Gasteiger charge is 2.10. The average molecular weight is 315 g/mol. The Morgan fingerprint density at radius 1 is 1.13 bits per heavy atom. The van der Waals surface area contributed by atoms with E-state index < -0.39 is 18.5 Å². The van der Waals surface area contributed by atoms with Gasteiger partial charge >= 0.3 is 5.97 Å². The number of hydrogen-bond donors (Lipinski definition) is 2. The zero-order chi connectivity index (χ0) is 16.7. The number of nitrogens with one attached hydrogen (secondary N) is 1. The minimum absolute atomic E-state index is 0.0989. The number of aliphatic hydroxyl groups excluding tert-OH is 1. The molecule has 6 nitrogen and oxygen atoms in total. The van der Waals surface area contributed by atoms with Gasteiger partial charge in [0.05, 0.1) is 19.3 Å². The average Bonchev–Trinajstić information content (AvgIpc) is 2.60. The second-order valence-corrected chi connectivity index (χ2v) is 4.71. The standard InChI is InChI=1S/C17H17NO5/c1-22-15-4-2-3-14(9-15)18-16(20)11-23-17(21)13-7-5-12(10-19)6-8-13/h2-9,19H,10-11H2,1H3,(H,18,20). The van der Waals surface area contributed by atoms with Crippen LogP contribution in [-0.4, -0.2) is 30.7 Å². The predicted octanol–water partition coefficient (Wildman–Crippen LogP) is 1.98. The molecule has 0 atom stereocenters. The van der Waals surface area contributed by atoms with Crippen LogP contribution in [0.15, 0.2) is 48.5 Å². The molecule has 0 spiro atoms. The number of benzene rings is 2. The summed E-state index contributed by atoms with van der Waals surface area (Å²) in [6.45, 7) is -0.490. The van der Waals surface area contributed by atoms with Gasteiger partial charge in [-0.1, -0.05) is 18.2 Å². The van der Waals surface area contributed by atoms with E-state index in [9.17, 15) is 9.59 Å². The minimum atomic E-state index is -0.602. The van der Waals surface area contributed by atoms with Gasteiger partial charge in [-0.2, -0.15) is 0 Å². The van der Waals surface area contributed by atoms with Crippen molar-refractivity contribution in [2.24, 2.45) is 0 Å². The van der Waals surface area contributed by atoms with E-state index in [0.717, 1.165) is 0 Å². The molecule has 0 heterocycles. The topological polar surface area (TPSA) is 84.9 Å². The van der Waals surface area contributed by atoms with Gasteiger partial charge in [-0.25, -0.2) is 4.79 Å². The van der Waals surface area contributed by atoms with Crippen LogP contribution in [0.5, 0.6) is 5.75 Å². The third-order valence-electron chi connectivity index (χ3n) is 3.06. The quantitative estimate of drug-likeness (QED) is 0.796. The van der Waals surface area contributed by atoms with Crippen LogP contribution in [0.25, 0.3) is 0 Å². The molecule has 23 heavy (non-hydrogen) atoms. The number of amides is 1. The lowest BCUT2D eigenvalue weighted by Gasteiger charge is -2.08. The number of hydrogen-bond acceptors (Lipinski definition) is 5. The summed E-state index contributed by atoms with van der Waals surface area (Å²) in [7, 11) is 1.53. The fourth-order valence-electron chi connectivity index (χ4n) is 1.86. The van der Waals surface area contributed by atoms with Gasteiger partial charge in [0, 0.05) is 11.8 Å². The number of methoxy groups -OCH3 is 1. The maximum Gasteiger partial charge on any atom is 0.338 e. The number of esters is 1. The van der Waals surface area contributed by atoms with E-state index in [4.69, 9.17) is 14.6 Å². The molecule has 0 saturated heterocycles. The van der Waals surface area contributed by atoms with Crippen molar-refractivity contribution in [1.82, 2.24) is 0 Å². The first-order chi connectivity index (χ1) is 11.1. The third kappa shape index (κ3) is 4.82. The van der Waals surface area contributed by atoms with Gasteiger partial charge in [0.1, 0.15) is 5.75 Å².